The normalized spacial score (nSPS) is 16.2. The van der Waals surface area contributed by atoms with Crippen LogP contribution in [0.15, 0.2) is 24.3 Å². The highest BCUT2D eigenvalue weighted by Gasteiger charge is 2.38. The Labute approximate surface area is 113 Å². The number of amides is 1. The fraction of sp³-hybridized carbons (Fsp3) is 0.467. The van der Waals surface area contributed by atoms with E-state index in [1.54, 1.807) is 7.11 Å². The van der Waals surface area contributed by atoms with Crippen LogP contribution in [0.4, 0.5) is 5.69 Å². The molecule has 1 aromatic rings. The van der Waals surface area contributed by atoms with Crippen LogP contribution >= 0.6 is 0 Å². The van der Waals surface area contributed by atoms with E-state index >= 15 is 0 Å². The average molecular weight is 258 g/mol. The van der Waals surface area contributed by atoms with Crippen LogP contribution in [0.5, 0.6) is 0 Å². The summed E-state index contributed by atoms with van der Waals surface area (Å²) in [6, 6.07) is 9.45. The zero-order valence-corrected chi connectivity index (χ0v) is 11.1. The molecule has 0 radical (unpaired) electrons. The Morgan fingerprint density at radius 1 is 1.42 bits per heavy atom. The fourth-order valence-corrected chi connectivity index (χ4v) is 2.32. The van der Waals surface area contributed by atoms with Crippen molar-refractivity contribution in [1.29, 1.82) is 5.26 Å². The number of rotatable bonds is 5. The first-order valence-electron chi connectivity index (χ1n) is 6.48. The van der Waals surface area contributed by atoms with Gasteiger partial charge in [-0.1, -0.05) is 12.1 Å². The number of anilines is 1. The van der Waals surface area contributed by atoms with Crippen molar-refractivity contribution >= 4 is 11.6 Å². The van der Waals surface area contributed by atoms with Gasteiger partial charge in [-0.3, -0.25) is 4.79 Å². The van der Waals surface area contributed by atoms with Crippen LogP contribution in [-0.2, 0) is 16.0 Å². The monoisotopic (exact) mass is 258 g/mol. The molecule has 19 heavy (non-hydrogen) atoms. The molecule has 1 aromatic carbocycles. The van der Waals surface area contributed by atoms with Gasteiger partial charge < -0.3 is 10.1 Å². The first-order valence-corrected chi connectivity index (χ1v) is 6.48. The number of nitriles is 1. The largest absolute Gasteiger partial charge is 0.378 e. The Bertz CT molecular complexity index is 478. The number of nitrogens with one attached hydrogen (secondary N) is 1. The van der Waals surface area contributed by atoms with Crippen molar-refractivity contribution in [2.75, 3.05) is 12.4 Å². The van der Waals surface area contributed by atoms with E-state index in [9.17, 15) is 4.79 Å². The number of carbonyl (C=O) groups is 1. The molecule has 1 N–H and O–H groups in total. The number of methoxy groups -OCH3 is 1. The zero-order valence-electron chi connectivity index (χ0n) is 11.1. The molecule has 4 nitrogen and oxygen atoms in total. The third-order valence-corrected chi connectivity index (χ3v) is 3.70. The third-order valence-electron chi connectivity index (χ3n) is 3.70. The summed E-state index contributed by atoms with van der Waals surface area (Å²) in [7, 11) is 1.67. The molecular formula is C15H18N2O2. The molecule has 0 unspecified atom stereocenters. The van der Waals surface area contributed by atoms with Gasteiger partial charge in [0.15, 0.2) is 0 Å². The van der Waals surface area contributed by atoms with Gasteiger partial charge in [0.25, 0.3) is 0 Å². The van der Waals surface area contributed by atoms with Gasteiger partial charge in [-0.2, -0.15) is 5.26 Å². The van der Waals surface area contributed by atoms with Crippen LogP contribution in [-0.4, -0.2) is 18.6 Å². The first kappa shape index (κ1) is 13.6. The van der Waals surface area contributed by atoms with Crippen LogP contribution in [0.3, 0.4) is 0 Å². The van der Waals surface area contributed by atoms with E-state index in [4.69, 9.17) is 10.00 Å². The minimum Gasteiger partial charge on any atom is -0.378 e. The Balaban J connectivity index is 1.90. The summed E-state index contributed by atoms with van der Waals surface area (Å²) in [5.74, 6) is -0.0189. The van der Waals surface area contributed by atoms with E-state index in [0.29, 0.717) is 12.8 Å². The molecule has 2 rings (SSSR count). The quantitative estimate of drug-likeness (QED) is 0.883. The summed E-state index contributed by atoms with van der Waals surface area (Å²) in [5, 5.41) is 11.5. The number of carbonyl (C=O) groups excluding carboxylic acids is 1. The van der Waals surface area contributed by atoms with Crippen molar-refractivity contribution in [3.63, 3.8) is 0 Å². The maximum atomic E-state index is 11.9. The lowest BCUT2D eigenvalue weighted by Gasteiger charge is -2.39. The van der Waals surface area contributed by atoms with E-state index in [-0.39, 0.29) is 11.5 Å². The predicted molar refractivity (Wildman–Crippen MR) is 72.6 cm³/mol. The molecule has 0 spiro atoms. The number of ether oxygens (including phenoxy) is 1. The van der Waals surface area contributed by atoms with Crippen LogP contribution in [0, 0.1) is 11.3 Å². The van der Waals surface area contributed by atoms with Gasteiger partial charge in [0, 0.05) is 12.8 Å². The van der Waals surface area contributed by atoms with Crippen LogP contribution in [0.2, 0.25) is 0 Å². The minimum absolute atomic E-state index is 0.0189. The van der Waals surface area contributed by atoms with Gasteiger partial charge >= 0.3 is 0 Å². The maximum absolute atomic E-state index is 11.9. The second-order valence-electron chi connectivity index (χ2n) is 5.00. The molecule has 1 aliphatic carbocycles. The van der Waals surface area contributed by atoms with Crippen molar-refractivity contribution in [3.05, 3.63) is 29.8 Å². The minimum atomic E-state index is -0.245. The Morgan fingerprint density at radius 3 is 2.58 bits per heavy atom. The third kappa shape index (κ3) is 3.33. The van der Waals surface area contributed by atoms with E-state index in [1.165, 1.54) is 0 Å². The lowest BCUT2D eigenvalue weighted by molar-refractivity contribution is -0.129. The summed E-state index contributed by atoms with van der Waals surface area (Å²) < 4.78 is 5.44. The number of nitrogens with zero attached hydrogens (tertiary/aromatic N) is 1. The van der Waals surface area contributed by atoms with Gasteiger partial charge in [-0.25, -0.2) is 0 Å². The molecule has 0 aliphatic heterocycles. The molecule has 0 aromatic heterocycles. The SMILES string of the molecule is COC1(CC(=O)Nc2ccc(CC#N)cc2)CCC1. The highest BCUT2D eigenvalue weighted by molar-refractivity contribution is 5.91. The number of hydrogen-bond acceptors (Lipinski definition) is 3. The smallest absolute Gasteiger partial charge is 0.227 e. The zero-order chi connectivity index (χ0) is 13.7. The average Bonchev–Trinajstić information content (AvgIpc) is 2.37. The lowest BCUT2D eigenvalue weighted by Crippen LogP contribution is -2.42. The van der Waals surface area contributed by atoms with Crippen LogP contribution in [0.1, 0.15) is 31.2 Å². The number of benzene rings is 1. The highest BCUT2D eigenvalue weighted by atomic mass is 16.5. The summed E-state index contributed by atoms with van der Waals surface area (Å²) in [6.07, 6.45) is 3.84. The van der Waals surface area contributed by atoms with Crippen molar-refractivity contribution < 1.29 is 9.53 Å². The molecule has 0 saturated heterocycles. The molecule has 0 bridgehead atoms. The standard InChI is InChI=1S/C15H18N2O2/c1-19-15(8-2-9-15)11-14(18)17-13-5-3-12(4-6-13)7-10-16/h3-6H,2,7-9,11H2,1H3,(H,17,18). The van der Waals surface area contributed by atoms with E-state index in [1.807, 2.05) is 24.3 Å². The molecule has 1 aliphatic rings. The van der Waals surface area contributed by atoms with Gasteiger partial charge in [-0.05, 0) is 37.0 Å². The summed E-state index contributed by atoms with van der Waals surface area (Å²) in [4.78, 5) is 11.9. The van der Waals surface area contributed by atoms with Crippen LogP contribution < -0.4 is 5.32 Å². The fourth-order valence-electron chi connectivity index (χ4n) is 2.32. The topological polar surface area (TPSA) is 62.1 Å². The van der Waals surface area contributed by atoms with E-state index in [2.05, 4.69) is 11.4 Å². The van der Waals surface area contributed by atoms with Gasteiger partial charge in [0.1, 0.15) is 0 Å². The Morgan fingerprint density at radius 2 is 2.11 bits per heavy atom. The number of hydrogen-bond donors (Lipinski definition) is 1. The van der Waals surface area contributed by atoms with Crippen molar-refractivity contribution in [3.8, 4) is 6.07 Å². The molecule has 4 heteroatoms. The maximum Gasteiger partial charge on any atom is 0.227 e. The molecule has 0 atom stereocenters. The summed E-state index contributed by atoms with van der Waals surface area (Å²) in [5.41, 5.74) is 1.47. The summed E-state index contributed by atoms with van der Waals surface area (Å²) >= 11 is 0. The predicted octanol–water partition coefficient (Wildman–Crippen LogP) is 2.65. The molecule has 1 saturated carbocycles. The highest BCUT2D eigenvalue weighted by Crippen LogP contribution is 2.38. The molecule has 0 heterocycles. The van der Waals surface area contributed by atoms with Gasteiger partial charge in [0.2, 0.25) is 5.91 Å². The molecule has 1 amide bonds. The van der Waals surface area contributed by atoms with Crippen molar-refractivity contribution in [1.82, 2.24) is 0 Å². The Hall–Kier alpha value is -1.86. The molecular weight excluding hydrogens is 240 g/mol. The van der Waals surface area contributed by atoms with E-state index in [0.717, 1.165) is 30.5 Å². The second kappa shape index (κ2) is 5.85. The second-order valence-corrected chi connectivity index (χ2v) is 5.00. The Kier molecular flexibility index (Phi) is 4.18. The first-order chi connectivity index (χ1) is 9.17. The lowest BCUT2D eigenvalue weighted by atomic mass is 9.77. The van der Waals surface area contributed by atoms with Crippen molar-refractivity contribution in [2.24, 2.45) is 0 Å². The molecule has 1 fully saturated rings. The van der Waals surface area contributed by atoms with Gasteiger partial charge in [-0.15, -0.1) is 0 Å². The molecule has 100 valence electrons. The van der Waals surface area contributed by atoms with E-state index < -0.39 is 0 Å². The van der Waals surface area contributed by atoms with Crippen molar-refractivity contribution in [2.45, 2.75) is 37.7 Å². The van der Waals surface area contributed by atoms with Crippen LogP contribution in [0.25, 0.3) is 0 Å². The van der Waals surface area contributed by atoms with Gasteiger partial charge in [0.05, 0.1) is 24.5 Å². The summed E-state index contributed by atoms with van der Waals surface area (Å²) in [6.45, 7) is 0.